The summed E-state index contributed by atoms with van der Waals surface area (Å²) in [6, 6.07) is 0. The van der Waals surface area contributed by atoms with Crippen LogP contribution in [0.25, 0.3) is 0 Å². The molecule has 0 unspecified atom stereocenters. The van der Waals surface area contributed by atoms with Gasteiger partial charge in [-0.15, -0.1) is 0 Å². The number of fused-ring (bicyclic) bond motifs is 1. The molecule has 0 bridgehead atoms. The van der Waals surface area contributed by atoms with Crippen molar-refractivity contribution in [1.29, 1.82) is 0 Å². The number of nitrogens with one attached hydrogen (secondary N) is 1. The smallest absolute Gasteiger partial charge is 0.0800 e. The third-order valence-electron chi connectivity index (χ3n) is 3.27. The van der Waals surface area contributed by atoms with Crippen molar-refractivity contribution in [3.05, 3.63) is 0 Å². The summed E-state index contributed by atoms with van der Waals surface area (Å²) in [5.74, 6) is 0.595. The Hall–Kier alpha value is -0.0800. The summed E-state index contributed by atoms with van der Waals surface area (Å²) < 4.78 is 0. The summed E-state index contributed by atoms with van der Waals surface area (Å²) in [6.07, 6.45) is 5.99. The van der Waals surface area contributed by atoms with Crippen LogP contribution in [0.3, 0.4) is 0 Å². The first-order chi connectivity index (χ1) is 5.31. The van der Waals surface area contributed by atoms with Gasteiger partial charge in [0.15, 0.2) is 0 Å². The molecule has 1 aliphatic carbocycles. The van der Waals surface area contributed by atoms with Crippen molar-refractivity contribution in [2.24, 2.45) is 5.92 Å². The molecule has 0 aromatic heterocycles. The minimum absolute atomic E-state index is 0.337. The van der Waals surface area contributed by atoms with Crippen molar-refractivity contribution in [2.45, 2.75) is 37.7 Å². The van der Waals surface area contributed by atoms with Gasteiger partial charge in [-0.2, -0.15) is 0 Å². The van der Waals surface area contributed by atoms with Crippen LogP contribution in [0, 0.1) is 5.92 Å². The third kappa shape index (κ3) is 1.30. The Bertz CT molecular complexity index is 134. The molecule has 2 heteroatoms. The standard InChI is InChI=1S/C9H17NO/c11-9-5-2-1-3-8(9)4-6-10-7-9/h8,10-11H,1-7H2/t8-,9+/m0/s1. The average Bonchev–Trinajstić information content (AvgIpc) is 2.03. The SMILES string of the molecule is O[C@@]12CCCC[C@H]1CCNC2. The molecule has 2 atom stereocenters. The van der Waals surface area contributed by atoms with E-state index in [1.54, 1.807) is 0 Å². The number of piperidine rings is 1. The summed E-state index contributed by atoms with van der Waals surface area (Å²) in [4.78, 5) is 0. The average molecular weight is 155 g/mol. The molecule has 2 rings (SSSR count). The molecule has 2 aliphatic rings. The van der Waals surface area contributed by atoms with Crippen LogP contribution in [0.5, 0.6) is 0 Å². The Morgan fingerprint density at radius 1 is 1.27 bits per heavy atom. The van der Waals surface area contributed by atoms with Gasteiger partial charge in [-0.3, -0.25) is 0 Å². The fourth-order valence-corrected chi connectivity index (χ4v) is 2.52. The molecule has 0 radical (unpaired) electrons. The van der Waals surface area contributed by atoms with Gasteiger partial charge in [0.2, 0.25) is 0 Å². The van der Waals surface area contributed by atoms with Crippen molar-refractivity contribution < 1.29 is 5.11 Å². The molecule has 1 saturated carbocycles. The van der Waals surface area contributed by atoms with E-state index in [-0.39, 0.29) is 5.60 Å². The summed E-state index contributed by atoms with van der Waals surface area (Å²) in [5, 5.41) is 13.4. The fourth-order valence-electron chi connectivity index (χ4n) is 2.52. The quantitative estimate of drug-likeness (QED) is 0.545. The van der Waals surface area contributed by atoms with Crippen LogP contribution in [-0.4, -0.2) is 23.8 Å². The molecule has 0 spiro atoms. The number of hydrogen-bond acceptors (Lipinski definition) is 2. The second kappa shape index (κ2) is 2.76. The highest BCUT2D eigenvalue weighted by atomic mass is 16.3. The fraction of sp³-hybridized carbons (Fsp3) is 1.00. The van der Waals surface area contributed by atoms with E-state index in [0.29, 0.717) is 5.92 Å². The summed E-state index contributed by atoms with van der Waals surface area (Å²) in [7, 11) is 0. The van der Waals surface area contributed by atoms with E-state index in [9.17, 15) is 5.11 Å². The molecule has 1 saturated heterocycles. The monoisotopic (exact) mass is 155 g/mol. The van der Waals surface area contributed by atoms with E-state index in [4.69, 9.17) is 0 Å². The second-order valence-electron chi connectivity index (χ2n) is 4.01. The van der Waals surface area contributed by atoms with Crippen LogP contribution >= 0.6 is 0 Å². The van der Waals surface area contributed by atoms with Gasteiger partial charge < -0.3 is 10.4 Å². The Morgan fingerprint density at radius 2 is 2.18 bits per heavy atom. The van der Waals surface area contributed by atoms with Gasteiger partial charge in [0.25, 0.3) is 0 Å². The number of aliphatic hydroxyl groups is 1. The lowest BCUT2D eigenvalue weighted by atomic mass is 9.72. The van der Waals surface area contributed by atoms with Crippen LogP contribution in [0.15, 0.2) is 0 Å². The lowest BCUT2D eigenvalue weighted by Gasteiger charge is -2.43. The summed E-state index contributed by atoms with van der Waals surface area (Å²) in [5.41, 5.74) is -0.337. The summed E-state index contributed by atoms with van der Waals surface area (Å²) >= 11 is 0. The maximum Gasteiger partial charge on any atom is 0.0800 e. The molecule has 64 valence electrons. The molecule has 1 aliphatic heterocycles. The predicted octanol–water partition coefficient (Wildman–Crippen LogP) is 0.901. The topological polar surface area (TPSA) is 32.3 Å². The highest BCUT2D eigenvalue weighted by Crippen LogP contribution is 2.36. The van der Waals surface area contributed by atoms with Gasteiger partial charge in [-0.1, -0.05) is 12.8 Å². The molecule has 2 N–H and O–H groups in total. The zero-order valence-corrected chi connectivity index (χ0v) is 6.97. The van der Waals surface area contributed by atoms with Crippen molar-refractivity contribution in [3.63, 3.8) is 0 Å². The van der Waals surface area contributed by atoms with E-state index in [1.165, 1.54) is 25.7 Å². The van der Waals surface area contributed by atoms with Crippen LogP contribution in [0.4, 0.5) is 0 Å². The number of hydrogen-bond donors (Lipinski definition) is 2. The first-order valence-corrected chi connectivity index (χ1v) is 4.74. The molecule has 0 aromatic carbocycles. The molecule has 2 nitrogen and oxygen atoms in total. The maximum atomic E-state index is 10.1. The zero-order chi connectivity index (χ0) is 7.73. The minimum Gasteiger partial charge on any atom is -0.388 e. The Morgan fingerprint density at radius 3 is 3.00 bits per heavy atom. The van der Waals surface area contributed by atoms with E-state index >= 15 is 0 Å². The molecule has 0 amide bonds. The number of rotatable bonds is 0. The van der Waals surface area contributed by atoms with E-state index < -0.39 is 0 Å². The Balaban J connectivity index is 2.06. The molecular weight excluding hydrogens is 138 g/mol. The van der Waals surface area contributed by atoms with Crippen molar-refractivity contribution in [1.82, 2.24) is 5.32 Å². The Kier molecular flexibility index (Phi) is 1.90. The van der Waals surface area contributed by atoms with Gasteiger partial charge in [0.05, 0.1) is 5.60 Å². The highest BCUT2D eigenvalue weighted by Gasteiger charge is 2.40. The van der Waals surface area contributed by atoms with Gasteiger partial charge >= 0.3 is 0 Å². The lowest BCUT2D eigenvalue weighted by molar-refractivity contribution is -0.0632. The first-order valence-electron chi connectivity index (χ1n) is 4.74. The van der Waals surface area contributed by atoms with Gasteiger partial charge in [-0.05, 0) is 31.7 Å². The van der Waals surface area contributed by atoms with Crippen molar-refractivity contribution in [2.75, 3.05) is 13.1 Å². The van der Waals surface area contributed by atoms with Crippen LogP contribution in [0.1, 0.15) is 32.1 Å². The largest absolute Gasteiger partial charge is 0.388 e. The first kappa shape index (κ1) is 7.56. The molecule has 1 heterocycles. The lowest BCUT2D eigenvalue weighted by Crippen LogP contribution is -2.53. The zero-order valence-electron chi connectivity index (χ0n) is 6.97. The van der Waals surface area contributed by atoms with E-state index in [0.717, 1.165) is 19.5 Å². The van der Waals surface area contributed by atoms with Crippen LogP contribution in [0.2, 0.25) is 0 Å². The predicted molar refractivity (Wildman–Crippen MR) is 44.4 cm³/mol. The minimum atomic E-state index is -0.337. The molecule has 11 heavy (non-hydrogen) atoms. The summed E-state index contributed by atoms with van der Waals surface area (Å²) in [6.45, 7) is 1.94. The van der Waals surface area contributed by atoms with E-state index in [1.807, 2.05) is 0 Å². The van der Waals surface area contributed by atoms with Crippen molar-refractivity contribution in [3.8, 4) is 0 Å². The number of β-amino-alcohol motifs (C(OH)–C–C–N with tert-alkyl or cyclic N) is 1. The molecule has 2 fully saturated rings. The molecular formula is C9H17NO. The van der Waals surface area contributed by atoms with Gasteiger partial charge in [0.1, 0.15) is 0 Å². The van der Waals surface area contributed by atoms with Gasteiger partial charge in [-0.25, -0.2) is 0 Å². The van der Waals surface area contributed by atoms with Crippen LogP contribution in [-0.2, 0) is 0 Å². The molecule has 0 aromatic rings. The maximum absolute atomic E-state index is 10.1. The van der Waals surface area contributed by atoms with Crippen molar-refractivity contribution >= 4 is 0 Å². The second-order valence-corrected chi connectivity index (χ2v) is 4.01. The Labute approximate surface area is 68.0 Å². The van der Waals surface area contributed by atoms with Gasteiger partial charge in [0, 0.05) is 6.54 Å². The van der Waals surface area contributed by atoms with E-state index in [2.05, 4.69) is 5.32 Å². The normalized spacial score (nSPS) is 45.0. The van der Waals surface area contributed by atoms with Crippen LogP contribution < -0.4 is 5.32 Å². The highest BCUT2D eigenvalue weighted by molar-refractivity contribution is 4.94. The third-order valence-corrected chi connectivity index (χ3v) is 3.27.